The first-order valence-electron chi connectivity index (χ1n) is 8.90. The summed E-state index contributed by atoms with van der Waals surface area (Å²) in [5.74, 6) is 0.641. The van der Waals surface area contributed by atoms with Crippen LogP contribution in [0.2, 0.25) is 0 Å². The van der Waals surface area contributed by atoms with Crippen LogP contribution in [0.5, 0.6) is 11.5 Å². The predicted molar refractivity (Wildman–Crippen MR) is 100 cm³/mol. The van der Waals surface area contributed by atoms with E-state index in [4.69, 9.17) is 4.74 Å². The highest BCUT2D eigenvalue weighted by Gasteiger charge is 2.26. The van der Waals surface area contributed by atoms with Gasteiger partial charge in [-0.05, 0) is 42.8 Å². The number of hydrogen-bond donors (Lipinski definition) is 0. The lowest BCUT2D eigenvalue weighted by atomic mass is 10.0. The van der Waals surface area contributed by atoms with Crippen molar-refractivity contribution in [3.8, 4) is 22.6 Å². The number of nitrogens with zero attached hydrogens (tertiary/aromatic N) is 3. The summed E-state index contributed by atoms with van der Waals surface area (Å²) >= 11 is 0. The van der Waals surface area contributed by atoms with Crippen molar-refractivity contribution in [3.63, 3.8) is 0 Å². The Morgan fingerprint density at radius 1 is 1.21 bits per heavy atom. The molecule has 8 heteroatoms. The van der Waals surface area contributed by atoms with Crippen LogP contribution in [-0.4, -0.2) is 27.8 Å². The number of rotatable bonds is 5. The van der Waals surface area contributed by atoms with Gasteiger partial charge in [-0.1, -0.05) is 6.07 Å². The van der Waals surface area contributed by atoms with E-state index >= 15 is 0 Å². The van der Waals surface area contributed by atoms with Crippen LogP contribution in [0.1, 0.15) is 17.1 Å². The molecule has 0 aliphatic carbocycles. The number of alkyl halides is 1. The van der Waals surface area contributed by atoms with Crippen LogP contribution in [0.15, 0.2) is 48.7 Å². The van der Waals surface area contributed by atoms with E-state index in [1.165, 1.54) is 17.0 Å². The second-order valence-corrected chi connectivity index (χ2v) is 6.54. The number of amides is 1. The van der Waals surface area contributed by atoms with Crippen LogP contribution in [0, 0.1) is 12.7 Å². The Kier molecular flexibility index (Phi) is 5.07. The van der Waals surface area contributed by atoms with Gasteiger partial charge in [-0.15, -0.1) is 0 Å². The summed E-state index contributed by atoms with van der Waals surface area (Å²) < 4.78 is 36.8. The fourth-order valence-corrected chi connectivity index (χ4v) is 3.19. The molecule has 1 amide bonds. The molecular formula is C21H17F2N3O3. The summed E-state index contributed by atoms with van der Waals surface area (Å²) in [4.78, 5) is 22.2. The zero-order valence-electron chi connectivity index (χ0n) is 15.6. The smallest absolute Gasteiger partial charge is 0.415 e. The zero-order chi connectivity index (χ0) is 20.4. The summed E-state index contributed by atoms with van der Waals surface area (Å²) in [7, 11) is 0. The molecule has 0 N–H and O–H groups in total. The number of aromatic nitrogens is 2. The number of ether oxygens (including phenoxy) is 2. The minimum absolute atomic E-state index is 0.118. The van der Waals surface area contributed by atoms with Gasteiger partial charge in [0.1, 0.15) is 23.1 Å². The minimum atomic E-state index is -1.02. The molecule has 0 atom stereocenters. The summed E-state index contributed by atoms with van der Waals surface area (Å²) in [6.45, 7) is 1.33. The van der Waals surface area contributed by atoms with Gasteiger partial charge in [0, 0.05) is 23.4 Å². The van der Waals surface area contributed by atoms with Gasteiger partial charge in [0.05, 0.1) is 18.8 Å². The molecule has 2 heterocycles. The van der Waals surface area contributed by atoms with Gasteiger partial charge in [-0.3, -0.25) is 4.90 Å². The predicted octanol–water partition coefficient (Wildman–Crippen LogP) is 4.41. The standard InChI is InChI=1S/C21H17F2N3O3/c1-13-24-7-6-16(25-13)11-26-10-15-8-14(2-5-20(15)29-21(26)27)18-4-3-17(28-12-22)9-19(18)23/h2-9H,10-12H2,1H3. The highest BCUT2D eigenvalue weighted by molar-refractivity contribution is 5.75. The van der Waals surface area contributed by atoms with Gasteiger partial charge in [-0.25, -0.2) is 23.5 Å². The molecule has 0 saturated heterocycles. The van der Waals surface area contributed by atoms with E-state index in [1.807, 2.05) is 0 Å². The summed E-state index contributed by atoms with van der Waals surface area (Å²) in [6.07, 6.45) is 1.17. The zero-order valence-corrected chi connectivity index (χ0v) is 15.6. The van der Waals surface area contributed by atoms with Crippen LogP contribution in [-0.2, 0) is 13.1 Å². The lowest BCUT2D eigenvalue weighted by molar-refractivity contribution is 0.134. The van der Waals surface area contributed by atoms with Gasteiger partial charge in [0.25, 0.3) is 0 Å². The fraction of sp³-hybridized carbons (Fsp3) is 0.190. The lowest BCUT2D eigenvalue weighted by Gasteiger charge is -2.28. The first-order valence-corrected chi connectivity index (χ1v) is 8.90. The van der Waals surface area contributed by atoms with Gasteiger partial charge in [0.2, 0.25) is 6.86 Å². The molecule has 1 aliphatic heterocycles. The van der Waals surface area contributed by atoms with Gasteiger partial charge < -0.3 is 9.47 Å². The van der Waals surface area contributed by atoms with Crippen molar-refractivity contribution >= 4 is 6.09 Å². The van der Waals surface area contributed by atoms with E-state index in [0.717, 1.165) is 11.6 Å². The minimum Gasteiger partial charge on any atom is -0.463 e. The number of fused-ring (bicyclic) bond motifs is 1. The summed E-state index contributed by atoms with van der Waals surface area (Å²) in [5.41, 5.74) is 2.40. The Labute approximate surface area is 165 Å². The molecule has 0 unspecified atom stereocenters. The van der Waals surface area contributed by atoms with E-state index in [9.17, 15) is 13.6 Å². The van der Waals surface area contributed by atoms with Crippen LogP contribution in [0.25, 0.3) is 11.1 Å². The van der Waals surface area contributed by atoms with Crippen LogP contribution in [0.4, 0.5) is 13.6 Å². The van der Waals surface area contributed by atoms with Crippen molar-refractivity contribution in [3.05, 3.63) is 71.6 Å². The molecule has 6 nitrogen and oxygen atoms in total. The van der Waals surface area contributed by atoms with Crippen molar-refractivity contribution in [2.75, 3.05) is 6.86 Å². The van der Waals surface area contributed by atoms with Crippen LogP contribution in [0.3, 0.4) is 0 Å². The van der Waals surface area contributed by atoms with Gasteiger partial charge in [-0.2, -0.15) is 0 Å². The first kappa shape index (κ1) is 18.8. The molecule has 148 valence electrons. The van der Waals surface area contributed by atoms with Crippen LogP contribution < -0.4 is 9.47 Å². The third-order valence-corrected chi connectivity index (χ3v) is 4.54. The molecule has 0 radical (unpaired) electrons. The molecule has 0 saturated carbocycles. The molecule has 4 rings (SSSR count). The quantitative estimate of drug-likeness (QED) is 0.638. The molecular weight excluding hydrogens is 380 g/mol. The number of carbonyl (C=O) groups is 1. The molecule has 2 aromatic carbocycles. The van der Waals surface area contributed by atoms with Crippen molar-refractivity contribution in [2.24, 2.45) is 0 Å². The van der Waals surface area contributed by atoms with E-state index < -0.39 is 18.8 Å². The monoisotopic (exact) mass is 397 g/mol. The Bertz CT molecular complexity index is 1070. The summed E-state index contributed by atoms with van der Waals surface area (Å²) in [6, 6.07) is 11.0. The molecule has 29 heavy (non-hydrogen) atoms. The Hall–Kier alpha value is -3.55. The van der Waals surface area contributed by atoms with E-state index in [0.29, 0.717) is 34.9 Å². The molecule has 1 aliphatic rings. The van der Waals surface area contributed by atoms with Crippen LogP contribution >= 0.6 is 0 Å². The topological polar surface area (TPSA) is 64.6 Å². The molecule has 0 fully saturated rings. The number of carbonyl (C=O) groups excluding carboxylic acids is 1. The maximum atomic E-state index is 14.4. The lowest BCUT2D eigenvalue weighted by Crippen LogP contribution is -2.36. The maximum Gasteiger partial charge on any atom is 0.415 e. The first-order chi connectivity index (χ1) is 14.0. The van der Waals surface area contributed by atoms with Gasteiger partial charge >= 0.3 is 6.09 Å². The highest BCUT2D eigenvalue weighted by Crippen LogP contribution is 2.33. The number of aryl methyl sites for hydroxylation is 1. The van der Waals surface area contributed by atoms with Crippen molar-refractivity contribution in [1.82, 2.24) is 14.9 Å². The average molecular weight is 397 g/mol. The molecule has 0 spiro atoms. The fourth-order valence-electron chi connectivity index (χ4n) is 3.19. The van der Waals surface area contributed by atoms with Gasteiger partial charge in [0.15, 0.2) is 0 Å². The third-order valence-electron chi connectivity index (χ3n) is 4.54. The van der Waals surface area contributed by atoms with Crippen molar-refractivity contribution in [1.29, 1.82) is 0 Å². The molecule has 0 bridgehead atoms. The third kappa shape index (κ3) is 4.01. The summed E-state index contributed by atoms with van der Waals surface area (Å²) in [5, 5.41) is 0. The maximum absolute atomic E-state index is 14.4. The normalized spacial score (nSPS) is 13.1. The Balaban J connectivity index is 1.60. The highest BCUT2D eigenvalue weighted by atomic mass is 19.1. The van der Waals surface area contributed by atoms with Crippen molar-refractivity contribution in [2.45, 2.75) is 20.0 Å². The SMILES string of the molecule is Cc1nccc(CN2Cc3cc(-c4ccc(OCF)cc4F)ccc3OC2=O)n1. The molecule has 1 aromatic heterocycles. The number of hydrogen-bond acceptors (Lipinski definition) is 5. The Morgan fingerprint density at radius 2 is 2.07 bits per heavy atom. The second-order valence-electron chi connectivity index (χ2n) is 6.54. The molecule has 3 aromatic rings. The van der Waals surface area contributed by atoms with E-state index in [-0.39, 0.29) is 12.3 Å². The van der Waals surface area contributed by atoms with Crippen molar-refractivity contribution < 1.29 is 23.0 Å². The second kappa shape index (κ2) is 7.83. The largest absolute Gasteiger partial charge is 0.463 e. The van der Waals surface area contributed by atoms with E-state index in [2.05, 4.69) is 14.7 Å². The number of benzene rings is 2. The average Bonchev–Trinajstić information content (AvgIpc) is 2.69. The Morgan fingerprint density at radius 3 is 2.83 bits per heavy atom. The number of halogens is 2. The van der Waals surface area contributed by atoms with E-state index in [1.54, 1.807) is 37.4 Å².